The number of alkyl halides is 2. The first-order valence-corrected chi connectivity index (χ1v) is 10.5. The fraction of sp³-hybridized carbons (Fsp3) is 0.300. The van der Waals surface area contributed by atoms with E-state index in [2.05, 4.69) is 15.9 Å². The summed E-state index contributed by atoms with van der Waals surface area (Å²) < 4.78 is 40.7. The lowest BCUT2D eigenvalue weighted by Crippen LogP contribution is -2.22. The second-order valence-electron chi connectivity index (χ2n) is 6.72. The Morgan fingerprint density at radius 3 is 2.77 bits per heavy atom. The van der Waals surface area contributed by atoms with Gasteiger partial charge in [0.05, 0.1) is 23.5 Å². The molecule has 0 unspecified atom stereocenters. The number of benzene rings is 2. The first-order chi connectivity index (χ1) is 14.5. The Kier molecular flexibility index (Phi) is 5.98. The lowest BCUT2D eigenvalue weighted by molar-refractivity contribution is -0.0514. The van der Waals surface area contributed by atoms with Gasteiger partial charge in [0.15, 0.2) is 11.5 Å². The number of aromatic nitrogens is 3. The molecule has 0 aliphatic heterocycles. The molecule has 10 heteroatoms. The average Bonchev–Trinajstić information content (AvgIpc) is 3.20. The molecule has 0 saturated carbocycles. The van der Waals surface area contributed by atoms with Crippen molar-refractivity contribution < 1.29 is 18.3 Å². The molecule has 4 aromatic rings. The van der Waals surface area contributed by atoms with Crippen molar-refractivity contribution in [2.24, 2.45) is 0 Å². The van der Waals surface area contributed by atoms with Gasteiger partial charge in [0.2, 0.25) is 9.73 Å². The van der Waals surface area contributed by atoms with Gasteiger partial charge in [-0.25, -0.2) is 4.68 Å². The Labute approximate surface area is 180 Å². The van der Waals surface area contributed by atoms with Gasteiger partial charge in [0, 0.05) is 6.54 Å². The number of para-hydroxylation sites is 1. The summed E-state index contributed by atoms with van der Waals surface area (Å²) in [5, 5.41) is 4.65. The Hall–Kier alpha value is -2.56. The van der Waals surface area contributed by atoms with Crippen molar-refractivity contribution in [2.75, 3.05) is 13.7 Å². The number of hydrogen-bond acceptors (Lipinski definition) is 6. The van der Waals surface area contributed by atoms with Crippen LogP contribution >= 0.6 is 23.6 Å². The van der Waals surface area contributed by atoms with Gasteiger partial charge in [-0.05, 0) is 56.0 Å². The van der Waals surface area contributed by atoms with Crippen molar-refractivity contribution in [2.45, 2.75) is 26.7 Å². The maximum absolute atomic E-state index is 12.6. The van der Waals surface area contributed by atoms with Crippen LogP contribution in [0.4, 0.5) is 8.78 Å². The third kappa shape index (κ3) is 4.16. The predicted molar refractivity (Wildman–Crippen MR) is 115 cm³/mol. The summed E-state index contributed by atoms with van der Waals surface area (Å²) >= 11 is 7.24. The van der Waals surface area contributed by atoms with E-state index in [-0.39, 0.29) is 5.75 Å². The van der Waals surface area contributed by atoms with Gasteiger partial charge in [-0.3, -0.25) is 9.30 Å². The third-order valence-electron chi connectivity index (χ3n) is 4.47. The maximum atomic E-state index is 12.6. The van der Waals surface area contributed by atoms with Crippen molar-refractivity contribution in [3.63, 3.8) is 0 Å². The predicted octanol–water partition coefficient (Wildman–Crippen LogP) is 5.17. The summed E-state index contributed by atoms with van der Waals surface area (Å²) in [6.45, 7) is 0.295. The molecule has 0 N–H and O–H groups in total. The van der Waals surface area contributed by atoms with Crippen LogP contribution in [0, 0.1) is 4.77 Å². The summed E-state index contributed by atoms with van der Waals surface area (Å²) in [6.07, 6.45) is 0. The molecule has 6 nitrogen and oxygen atoms in total. The van der Waals surface area contributed by atoms with E-state index in [9.17, 15) is 8.78 Å². The molecule has 30 heavy (non-hydrogen) atoms. The molecule has 0 spiro atoms. The lowest BCUT2D eigenvalue weighted by Gasteiger charge is -2.18. The molecule has 0 amide bonds. The molecule has 0 saturated heterocycles. The Bertz CT molecular complexity index is 1230. The van der Waals surface area contributed by atoms with E-state index in [0.717, 1.165) is 20.7 Å². The van der Waals surface area contributed by atoms with Crippen LogP contribution in [0.2, 0.25) is 0 Å². The van der Waals surface area contributed by atoms with Crippen LogP contribution in [-0.4, -0.2) is 39.3 Å². The maximum Gasteiger partial charge on any atom is 0.387 e. The quantitative estimate of drug-likeness (QED) is 0.347. The standard InChI is InChI=1S/C20H20F2N4O2S2/c1-3-27-16-10-13(8-9-15(16)28-18(21)22)11-24(2)12-25-20(29)26-14-6-4-5-7-17(14)30-19(26)23-25/h4-10,18H,3,11-12H2,1-2H3. The molecule has 0 bridgehead atoms. The number of hydrogen-bond donors (Lipinski definition) is 0. The number of nitrogens with zero attached hydrogens (tertiary/aromatic N) is 4. The zero-order valence-electron chi connectivity index (χ0n) is 16.4. The van der Waals surface area contributed by atoms with Crippen LogP contribution in [0.25, 0.3) is 15.2 Å². The Balaban J connectivity index is 1.53. The molecule has 2 aromatic carbocycles. The van der Waals surface area contributed by atoms with E-state index < -0.39 is 6.61 Å². The molecule has 0 aliphatic rings. The highest BCUT2D eigenvalue weighted by molar-refractivity contribution is 7.71. The van der Waals surface area contributed by atoms with Crippen molar-refractivity contribution in [3.8, 4) is 11.5 Å². The zero-order valence-corrected chi connectivity index (χ0v) is 18.1. The minimum absolute atomic E-state index is 0.0293. The van der Waals surface area contributed by atoms with Crippen molar-refractivity contribution in [1.82, 2.24) is 19.1 Å². The number of halogens is 2. The minimum Gasteiger partial charge on any atom is -0.490 e. The smallest absolute Gasteiger partial charge is 0.387 e. The normalized spacial score (nSPS) is 11.8. The number of rotatable bonds is 8. The summed E-state index contributed by atoms with van der Waals surface area (Å²) in [4.78, 5) is 2.88. The highest BCUT2D eigenvalue weighted by Crippen LogP contribution is 2.30. The van der Waals surface area contributed by atoms with Crippen LogP contribution in [0.5, 0.6) is 11.5 Å². The minimum atomic E-state index is -2.90. The number of fused-ring (bicyclic) bond motifs is 3. The molecule has 0 radical (unpaired) electrons. The van der Waals surface area contributed by atoms with Gasteiger partial charge in [-0.1, -0.05) is 29.5 Å². The number of ether oxygens (including phenoxy) is 2. The highest BCUT2D eigenvalue weighted by Gasteiger charge is 2.14. The average molecular weight is 451 g/mol. The van der Waals surface area contributed by atoms with Gasteiger partial charge in [-0.2, -0.15) is 8.78 Å². The second-order valence-corrected chi connectivity index (χ2v) is 8.09. The van der Waals surface area contributed by atoms with Gasteiger partial charge in [-0.15, -0.1) is 5.10 Å². The van der Waals surface area contributed by atoms with Gasteiger partial charge in [0.1, 0.15) is 0 Å². The van der Waals surface area contributed by atoms with E-state index in [1.165, 1.54) is 6.07 Å². The monoisotopic (exact) mass is 450 g/mol. The number of thiazole rings is 1. The van der Waals surface area contributed by atoms with Crippen molar-refractivity contribution in [3.05, 3.63) is 52.8 Å². The summed E-state index contributed by atoms with van der Waals surface area (Å²) in [6, 6.07) is 13.0. The summed E-state index contributed by atoms with van der Waals surface area (Å²) in [5.74, 6) is 0.330. The van der Waals surface area contributed by atoms with E-state index >= 15 is 0 Å². The van der Waals surface area contributed by atoms with Gasteiger partial charge < -0.3 is 9.47 Å². The third-order valence-corrected chi connectivity index (χ3v) is 5.87. The van der Waals surface area contributed by atoms with Crippen molar-refractivity contribution >= 4 is 38.7 Å². The van der Waals surface area contributed by atoms with Gasteiger partial charge >= 0.3 is 6.61 Å². The molecule has 0 aliphatic carbocycles. The molecule has 0 fully saturated rings. The van der Waals surface area contributed by atoms with Crippen LogP contribution < -0.4 is 9.47 Å². The SMILES string of the molecule is CCOc1cc(CN(C)Cn2nc3sc4ccccc4n3c2=S)ccc1OC(F)F. The van der Waals surface area contributed by atoms with Crippen LogP contribution in [0.3, 0.4) is 0 Å². The molecule has 2 heterocycles. The molecule has 2 aromatic heterocycles. The first kappa shape index (κ1) is 20.7. The topological polar surface area (TPSA) is 43.9 Å². The zero-order chi connectivity index (χ0) is 21.3. The fourth-order valence-corrected chi connectivity index (χ4v) is 4.65. The fourth-order valence-electron chi connectivity index (χ4n) is 3.28. The van der Waals surface area contributed by atoms with Gasteiger partial charge in [0.25, 0.3) is 0 Å². The van der Waals surface area contributed by atoms with E-state index in [1.807, 2.05) is 34.5 Å². The van der Waals surface area contributed by atoms with E-state index in [0.29, 0.717) is 30.3 Å². The molecular weight excluding hydrogens is 430 g/mol. The second kappa shape index (κ2) is 8.66. The van der Waals surface area contributed by atoms with E-state index in [4.69, 9.17) is 17.0 Å². The molecule has 0 atom stereocenters. The first-order valence-electron chi connectivity index (χ1n) is 9.32. The van der Waals surface area contributed by atoms with E-state index in [1.54, 1.807) is 35.1 Å². The summed E-state index contributed by atoms with van der Waals surface area (Å²) in [5.41, 5.74) is 1.95. The largest absolute Gasteiger partial charge is 0.490 e. The summed E-state index contributed by atoms with van der Waals surface area (Å²) in [7, 11) is 1.94. The van der Waals surface area contributed by atoms with Crippen LogP contribution in [0.1, 0.15) is 12.5 Å². The molecular formula is C20H20F2N4O2S2. The highest BCUT2D eigenvalue weighted by atomic mass is 32.1. The van der Waals surface area contributed by atoms with Crippen LogP contribution in [0.15, 0.2) is 42.5 Å². The lowest BCUT2D eigenvalue weighted by atomic mass is 10.2. The Morgan fingerprint density at radius 2 is 2.00 bits per heavy atom. The van der Waals surface area contributed by atoms with Crippen LogP contribution in [-0.2, 0) is 13.2 Å². The molecule has 4 rings (SSSR count). The Morgan fingerprint density at radius 1 is 1.20 bits per heavy atom. The molecule has 158 valence electrons. The van der Waals surface area contributed by atoms with Crippen molar-refractivity contribution in [1.29, 1.82) is 0 Å².